The van der Waals surface area contributed by atoms with E-state index in [0.29, 0.717) is 5.75 Å². The Morgan fingerprint density at radius 3 is 2.41 bits per heavy atom. The van der Waals surface area contributed by atoms with Crippen LogP contribution in [0, 0.1) is 0 Å². The van der Waals surface area contributed by atoms with Crippen LogP contribution in [0.5, 0.6) is 0 Å². The molecule has 1 aliphatic rings. The van der Waals surface area contributed by atoms with Crippen LogP contribution in [0.15, 0.2) is 54.3 Å². The largest absolute Gasteiger partial charge is 0.373 e. The fraction of sp³-hybridized carbons (Fsp3) is 0.478. The Bertz CT molecular complexity index is 651. The van der Waals surface area contributed by atoms with Gasteiger partial charge in [0, 0.05) is 49.7 Å². The van der Waals surface area contributed by atoms with E-state index in [0.717, 1.165) is 38.2 Å². The lowest BCUT2D eigenvalue weighted by molar-refractivity contribution is -0.432. The summed E-state index contributed by atoms with van der Waals surface area (Å²) in [4.78, 5) is 4.69. The molecule has 5 nitrogen and oxygen atoms in total. The highest BCUT2D eigenvalue weighted by molar-refractivity contribution is 7.94. The molecule has 0 aromatic heterocycles. The van der Waals surface area contributed by atoms with Crippen molar-refractivity contribution < 1.29 is 14.6 Å². The summed E-state index contributed by atoms with van der Waals surface area (Å²) in [7, 11) is 0. The van der Waals surface area contributed by atoms with E-state index in [1.165, 1.54) is 42.5 Å². The molecule has 0 saturated carbocycles. The molecule has 0 aliphatic carbocycles. The first kappa shape index (κ1) is 23.5. The second-order valence-corrected chi connectivity index (χ2v) is 7.88. The van der Waals surface area contributed by atoms with Gasteiger partial charge in [0.1, 0.15) is 0 Å². The Balaban J connectivity index is 1.85. The van der Waals surface area contributed by atoms with Gasteiger partial charge >= 0.3 is 0 Å². The molecule has 29 heavy (non-hydrogen) atoms. The maximum Gasteiger partial charge on any atom is 0.0406 e. The van der Waals surface area contributed by atoms with Gasteiger partial charge in [-0.25, -0.2) is 5.26 Å². The van der Waals surface area contributed by atoms with Gasteiger partial charge in [0.25, 0.3) is 0 Å². The van der Waals surface area contributed by atoms with Gasteiger partial charge < -0.3 is 9.80 Å². The van der Waals surface area contributed by atoms with Crippen molar-refractivity contribution in [3.63, 3.8) is 0 Å². The molecule has 0 unspecified atom stereocenters. The van der Waals surface area contributed by atoms with Gasteiger partial charge in [0.2, 0.25) is 0 Å². The Kier molecular flexibility index (Phi) is 11.6. The number of nitrogens with zero attached hydrogens (tertiary/aromatic N) is 2. The van der Waals surface area contributed by atoms with Crippen molar-refractivity contribution in [2.75, 3.05) is 36.8 Å². The number of unbranched alkanes of at least 4 members (excludes halogenated alkanes) is 2. The van der Waals surface area contributed by atoms with Crippen molar-refractivity contribution in [3.05, 3.63) is 59.8 Å². The molecule has 0 bridgehead atoms. The lowest BCUT2D eigenvalue weighted by atomic mass is 10.1. The molecule has 0 amide bonds. The highest BCUT2D eigenvalue weighted by Crippen LogP contribution is 2.19. The Labute approximate surface area is 179 Å². The molecular weight excluding hydrogens is 384 g/mol. The summed E-state index contributed by atoms with van der Waals surface area (Å²) in [5, 5.41) is 11.7. The lowest BCUT2D eigenvalue weighted by Gasteiger charge is -2.24. The molecule has 6 heteroatoms. The first-order valence-electron chi connectivity index (χ1n) is 10.5. The average molecular weight is 419 g/mol. The summed E-state index contributed by atoms with van der Waals surface area (Å²) >= 11 is 1.08. The van der Waals surface area contributed by atoms with Gasteiger partial charge in [0.05, 0.1) is 0 Å². The topological polar surface area (TPSA) is 45.2 Å². The molecule has 0 fully saturated rings. The maximum absolute atomic E-state index is 8.11. The number of benzene rings is 1. The number of anilines is 1. The van der Waals surface area contributed by atoms with E-state index in [1.54, 1.807) is 0 Å². The van der Waals surface area contributed by atoms with Crippen molar-refractivity contribution >= 4 is 23.8 Å². The molecule has 1 aromatic rings. The molecule has 1 heterocycles. The first-order chi connectivity index (χ1) is 14.3. The quantitative estimate of drug-likeness (QED) is 0.175. The van der Waals surface area contributed by atoms with E-state index in [1.807, 2.05) is 0 Å². The first-order valence-corrected chi connectivity index (χ1v) is 11.4. The predicted octanol–water partition coefficient (Wildman–Crippen LogP) is 5.93. The minimum absolute atomic E-state index is 0.712. The fourth-order valence-electron chi connectivity index (χ4n) is 3.10. The molecular formula is C23H34N2O3S. The minimum atomic E-state index is 0.712. The number of rotatable bonds is 14. The Morgan fingerprint density at radius 2 is 1.83 bits per heavy atom. The molecule has 160 valence electrons. The average Bonchev–Trinajstić information content (AvgIpc) is 2.77. The van der Waals surface area contributed by atoms with Crippen LogP contribution in [-0.2, 0) is 9.37 Å². The monoisotopic (exact) mass is 418 g/mol. The molecule has 0 radical (unpaired) electrons. The summed E-state index contributed by atoms with van der Waals surface area (Å²) in [5.74, 6) is 0.712. The van der Waals surface area contributed by atoms with E-state index < -0.39 is 0 Å². The van der Waals surface area contributed by atoms with Crippen LogP contribution in [-0.4, -0.2) is 42.1 Å². The summed E-state index contributed by atoms with van der Waals surface area (Å²) in [6.45, 7) is 8.46. The molecule has 1 aliphatic heterocycles. The second kappa shape index (κ2) is 14.3. The molecule has 1 N–H and O–H groups in total. The third-order valence-electron chi connectivity index (χ3n) is 4.87. The number of hydrogen-bond acceptors (Lipinski definition) is 6. The maximum atomic E-state index is 8.11. The highest BCUT2D eigenvalue weighted by atomic mass is 32.2. The van der Waals surface area contributed by atoms with Gasteiger partial charge in [0.15, 0.2) is 0 Å². The normalized spacial score (nSPS) is 13.9. The minimum Gasteiger partial charge on any atom is -0.373 e. The summed E-state index contributed by atoms with van der Waals surface area (Å²) in [6.07, 6.45) is 15.7. The molecule has 0 saturated heterocycles. The van der Waals surface area contributed by atoms with Crippen molar-refractivity contribution in [3.8, 4) is 0 Å². The van der Waals surface area contributed by atoms with Crippen LogP contribution >= 0.6 is 12.0 Å². The van der Waals surface area contributed by atoms with Crippen LogP contribution in [0.4, 0.5) is 5.69 Å². The second-order valence-electron chi connectivity index (χ2n) is 7.10. The number of hydrogen-bond donors (Lipinski definition) is 1. The van der Waals surface area contributed by atoms with Crippen molar-refractivity contribution in [1.29, 1.82) is 0 Å². The Morgan fingerprint density at radius 1 is 1.10 bits per heavy atom. The van der Waals surface area contributed by atoms with Crippen LogP contribution < -0.4 is 4.90 Å². The lowest BCUT2D eigenvalue weighted by Crippen LogP contribution is -2.25. The van der Waals surface area contributed by atoms with Gasteiger partial charge in [-0.3, -0.25) is 0 Å². The van der Waals surface area contributed by atoms with Crippen LogP contribution in [0.25, 0.3) is 6.08 Å². The third kappa shape index (κ3) is 9.09. The SMILES string of the molecule is CCCCN(CCCC)c1ccc(C=CC2=CCN(CCSOOO)C=C2)cc1. The van der Waals surface area contributed by atoms with E-state index in [4.69, 9.17) is 5.26 Å². The van der Waals surface area contributed by atoms with E-state index >= 15 is 0 Å². The summed E-state index contributed by atoms with van der Waals surface area (Å²) in [5.41, 5.74) is 3.75. The van der Waals surface area contributed by atoms with Crippen molar-refractivity contribution in [1.82, 2.24) is 4.90 Å². The van der Waals surface area contributed by atoms with Gasteiger partial charge in [-0.1, -0.05) is 62.1 Å². The zero-order valence-electron chi connectivity index (χ0n) is 17.6. The molecule has 2 rings (SSSR count). The van der Waals surface area contributed by atoms with Crippen LogP contribution in [0.3, 0.4) is 0 Å². The van der Waals surface area contributed by atoms with E-state index in [-0.39, 0.29) is 0 Å². The molecule has 0 spiro atoms. The third-order valence-corrected chi connectivity index (χ3v) is 5.38. The molecule has 0 atom stereocenters. The smallest absolute Gasteiger partial charge is 0.0406 e. The predicted molar refractivity (Wildman–Crippen MR) is 124 cm³/mol. The zero-order valence-corrected chi connectivity index (χ0v) is 18.4. The summed E-state index contributed by atoms with van der Waals surface area (Å²) < 4.78 is 4.39. The highest BCUT2D eigenvalue weighted by Gasteiger charge is 2.06. The van der Waals surface area contributed by atoms with E-state index in [2.05, 4.69) is 87.8 Å². The van der Waals surface area contributed by atoms with Crippen LogP contribution in [0.1, 0.15) is 45.1 Å². The van der Waals surface area contributed by atoms with Crippen molar-refractivity contribution in [2.45, 2.75) is 39.5 Å². The zero-order chi connectivity index (χ0) is 20.7. The van der Waals surface area contributed by atoms with Crippen molar-refractivity contribution in [2.24, 2.45) is 0 Å². The standard InChI is InChI=1S/C23H34N2O3S/c1-3-5-15-25(16-6-4-2)23-11-9-21(10-12-23)7-8-22-13-17-24(18-14-22)19-20-29-28-27-26/h7-14,17,26H,3-6,15-16,18-20H2,1-2H3. The Hall–Kier alpha value is -1.73. The fourth-order valence-corrected chi connectivity index (χ4v) is 3.52. The van der Waals surface area contributed by atoms with Gasteiger partial charge in [-0.05, 0) is 48.4 Å². The van der Waals surface area contributed by atoms with Gasteiger partial charge in [-0.15, -0.1) is 4.33 Å². The van der Waals surface area contributed by atoms with E-state index in [9.17, 15) is 0 Å². The summed E-state index contributed by atoms with van der Waals surface area (Å²) in [6, 6.07) is 8.90. The molecule has 1 aromatic carbocycles. The van der Waals surface area contributed by atoms with Crippen LogP contribution in [0.2, 0.25) is 0 Å². The van der Waals surface area contributed by atoms with Gasteiger partial charge in [-0.2, -0.15) is 0 Å². The number of allylic oxidation sites excluding steroid dienone is 3.